The number of rotatable bonds is 4. The van der Waals surface area contributed by atoms with Crippen molar-refractivity contribution in [3.8, 4) is 0 Å². The van der Waals surface area contributed by atoms with Crippen LogP contribution in [0.15, 0.2) is 41.3 Å². The SMILES string of the molecule is COC(=O)C1(NC(=O)c2c(C)ccn(C3CCNCC3)c2=O)Cc2ccccc2C1. The van der Waals surface area contributed by atoms with Gasteiger partial charge in [-0.2, -0.15) is 0 Å². The summed E-state index contributed by atoms with van der Waals surface area (Å²) in [6.45, 7) is 3.43. The van der Waals surface area contributed by atoms with Crippen LogP contribution in [0.4, 0.5) is 0 Å². The van der Waals surface area contributed by atoms with Crippen molar-refractivity contribution in [2.24, 2.45) is 0 Å². The van der Waals surface area contributed by atoms with Crippen LogP contribution in [0.25, 0.3) is 0 Å². The van der Waals surface area contributed by atoms with Crippen molar-refractivity contribution < 1.29 is 14.3 Å². The van der Waals surface area contributed by atoms with E-state index in [9.17, 15) is 14.4 Å². The number of nitrogens with one attached hydrogen (secondary N) is 2. The third-order valence-corrected chi connectivity index (χ3v) is 6.29. The van der Waals surface area contributed by atoms with Gasteiger partial charge in [0.1, 0.15) is 11.1 Å². The zero-order valence-corrected chi connectivity index (χ0v) is 17.4. The number of ether oxygens (including phenoxy) is 1. The predicted molar refractivity (Wildman–Crippen MR) is 113 cm³/mol. The standard InChI is InChI=1S/C23H27N3O4/c1-15-9-12-26(18-7-10-24-11-8-18)21(28)19(15)20(27)25-23(22(29)30-2)13-16-5-3-4-6-17(16)14-23/h3-6,9,12,18,24H,7-8,10-11,13-14H2,1-2H3,(H,25,27). The van der Waals surface area contributed by atoms with Crippen LogP contribution in [0.5, 0.6) is 0 Å². The second-order valence-corrected chi connectivity index (χ2v) is 8.22. The van der Waals surface area contributed by atoms with Crippen LogP contribution in [0.1, 0.15) is 45.9 Å². The summed E-state index contributed by atoms with van der Waals surface area (Å²) in [5.41, 5.74) is 1.17. The molecule has 1 aromatic carbocycles. The van der Waals surface area contributed by atoms with Crippen molar-refractivity contribution in [2.75, 3.05) is 20.2 Å². The van der Waals surface area contributed by atoms with Crippen LogP contribution < -0.4 is 16.2 Å². The van der Waals surface area contributed by atoms with Gasteiger partial charge in [-0.05, 0) is 55.6 Å². The largest absolute Gasteiger partial charge is 0.467 e. The van der Waals surface area contributed by atoms with Gasteiger partial charge in [0.15, 0.2) is 0 Å². The van der Waals surface area contributed by atoms with Crippen molar-refractivity contribution in [1.29, 1.82) is 0 Å². The van der Waals surface area contributed by atoms with Crippen molar-refractivity contribution in [3.63, 3.8) is 0 Å². The molecule has 0 atom stereocenters. The zero-order valence-electron chi connectivity index (χ0n) is 17.4. The van der Waals surface area contributed by atoms with Gasteiger partial charge in [0.05, 0.1) is 7.11 Å². The van der Waals surface area contributed by atoms with E-state index in [1.54, 1.807) is 23.8 Å². The maximum absolute atomic E-state index is 13.3. The number of nitrogens with zero attached hydrogens (tertiary/aromatic N) is 1. The lowest BCUT2D eigenvalue weighted by Gasteiger charge is -2.28. The van der Waals surface area contributed by atoms with E-state index in [4.69, 9.17) is 4.74 Å². The minimum atomic E-state index is -1.20. The molecule has 1 fully saturated rings. The summed E-state index contributed by atoms with van der Waals surface area (Å²) in [6.07, 6.45) is 4.13. The van der Waals surface area contributed by atoms with Gasteiger partial charge >= 0.3 is 5.97 Å². The van der Waals surface area contributed by atoms with E-state index in [1.807, 2.05) is 24.3 Å². The monoisotopic (exact) mass is 409 g/mol. The maximum Gasteiger partial charge on any atom is 0.332 e. The second-order valence-electron chi connectivity index (χ2n) is 8.22. The molecule has 0 saturated carbocycles. The number of carbonyl (C=O) groups is 2. The Morgan fingerprint density at radius 3 is 2.37 bits per heavy atom. The van der Waals surface area contributed by atoms with Gasteiger partial charge in [-0.1, -0.05) is 24.3 Å². The maximum atomic E-state index is 13.3. The molecule has 0 radical (unpaired) electrons. The van der Waals surface area contributed by atoms with Crippen LogP contribution in [-0.2, 0) is 22.4 Å². The highest BCUT2D eigenvalue weighted by Crippen LogP contribution is 2.31. The summed E-state index contributed by atoms with van der Waals surface area (Å²) in [5, 5.41) is 6.17. The van der Waals surface area contributed by atoms with Gasteiger partial charge in [0.2, 0.25) is 0 Å². The fourth-order valence-corrected chi connectivity index (χ4v) is 4.66. The fourth-order valence-electron chi connectivity index (χ4n) is 4.66. The lowest BCUT2D eigenvalue weighted by molar-refractivity contribution is -0.147. The molecule has 1 amide bonds. The van der Waals surface area contributed by atoms with Crippen LogP contribution in [0.2, 0.25) is 0 Å². The number of hydrogen-bond acceptors (Lipinski definition) is 5. The summed E-state index contributed by atoms with van der Waals surface area (Å²) in [4.78, 5) is 39.3. The number of aryl methyl sites for hydroxylation is 1. The molecule has 4 rings (SSSR count). The highest BCUT2D eigenvalue weighted by molar-refractivity contribution is 5.99. The van der Waals surface area contributed by atoms with Gasteiger partial charge < -0.3 is 19.9 Å². The van der Waals surface area contributed by atoms with Crippen LogP contribution in [0, 0.1) is 6.92 Å². The predicted octanol–water partition coefficient (Wildman–Crippen LogP) is 1.52. The Morgan fingerprint density at radius 2 is 1.77 bits per heavy atom. The molecular weight excluding hydrogens is 382 g/mol. The summed E-state index contributed by atoms with van der Waals surface area (Å²) in [6, 6.07) is 9.58. The van der Waals surface area contributed by atoms with E-state index in [0.717, 1.165) is 37.1 Å². The van der Waals surface area contributed by atoms with E-state index in [-0.39, 0.29) is 17.2 Å². The molecule has 2 aromatic rings. The molecule has 1 aromatic heterocycles. The minimum Gasteiger partial charge on any atom is -0.467 e. The lowest BCUT2D eigenvalue weighted by atomic mass is 9.94. The molecule has 1 aliphatic carbocycles. The Kier molecular flexibility index (Phi) is 5.47. The van der Waals surface area contributed by atoms with Gasteiger partial charge in [-0.15, -0.1) is 0 Å². The molecule has 0 unspecified atom stereocenters. The van der Waals surface area contributed by atoms with Gasteiger partial charge in [0.25, 0.3) is 11.5 Å². The highest BCUT2D eigenvalue weighted by Gasteiger charge is 2.46. The number of aromatic nitrogens is 1. The molecule has 30 heavy (non-hydrogen) atoms. The lowest BCUT2D eigenvalue weighted by Crippen LogP contribution is -2.57. The minimum absolute atomic E-state index is 0.0659. The highest BCUT2D eigenvalue weighted by atomic mass is 16.5. The molecule has 1 aliphatic heterocycles. The van der Waals surface area contributed by atoms with Gasteiger partial charge in [-0.25, -0.2) is 4.79 Å². The number of benzene rings is 1. The number of pyridine rings is 1. The number of esters is 1. The number of carbonyl (C=O) groups excluding carboxylic acids is 2. The summed E-state index contributed by atoms with van der Waals surface area (Å²) in [5.74, 6) is -1.03. The first-order chi connectivity index (χ1) is 14.4. The molecule has 158 valence electrons. The van der Waals surface area contributed by atoms with Crippen molar-refractivity contribution in [1.82, 2.24) is 15.2 Å². The number of methoxy groups -OCH3 is 1. The van der Waals surface area contributed by atoms with Crippen molar-refractivity contribution in [2.45, 2.75) is 44.2 Å². The number of hydrogen-bond donors (Lipinski definition) is 2. The average molecular weight is 409 g/mol. The second kappa shape index (κ2) is 8.07. The Hall–Kier alpha value is -2.93. The summed E-state index contributed by atoms with van der Waals surface area (Å²) in [7, 11) is 1.32. The molecule has 2 N–H and O–H groups in total. The molecule has 7 heteroatoms. The Balaban J connectivity index is 1.67. The quantitative estimate of drug-likeness (QED) is 0.748. The zero-order chi connectivity index (χ0) is 21.3. The third kappa shape index (κ3) is 3.54. The number of piperidine rings is 1. The molecular formula is C23H27N3O4. The Labute approximate surface area is 175 Å². The first-order valence-corrected chi connectivity index (χ1v) is 10.4. The molecule has 2 heterocycles. The molecule has 1 saturated heterocycles. The summed E-state index contributed by atoms with van der Waals surface area (Å²) < 4.78 is 6.70. The summed E-state index contributed by atoms with van der Waals surface area (Å²) >= 11 is 0. The molecule has 2 aliphatic rings. The Morgan fingerprint density at radius 1 is 1.13 bits per heavy atom. The van der Waals surface area contributed by atoms with Crippen LogP contribution in [0.3, 0.4) is 0 Å². The van der Waals surface area contributed by atoms with Crippen molar-refractivity contribution in [3.05, 3.63) is 69.1 Å². The first kappa shape index (κ1) is 20.3. The first-order valence-electron chi connectivity index (χ1n) is 10.4. The topological polar surface area (TPSA) is 89.4 Å². The van der Waals surface area contributed by atoms with E-state index >= 15 is 0 Å². The van der Waals surface area contributed by atoms with Gasteiger partial charge in [-0.3, -0.25) is 9.59 Å². The Bertz CT molecular complexity index is 1010. The fraction of sp³-hybridized carbons (Fsp3) is 0.435. The molecule has 0 bridgehead atoms. The average Bonchev–Trinajstić information content (AvgIpc) is 3.13. The smallest absolute Gasteiger partial charge is 0.332 e. The van der Waals surface area contributed by atoms with E-state index in [2.05, 4.69) is 10.6 Å². The van der Waals surface area contributed by atoms with Gasteiger partial charge in [0, 0.05) is 25.1 Å². The van der Waals surface area contributed by atoms with Crippen LogP contribution >= 0.6 is 0 Å². The molecule has 7 nitrogen and oxygen atoms in total. The van der Waals surface area contributed by atoms with E-state index < -0.39 is 17.4 Å². The van der Waals surface area contributed by atoms with Crippen molar-refractivity contribution >= 4 is 11.9 Å². The third-order valence-electron chi connectivity index (χ3n) is 6.29. The van der Waals surface area contributed by atoms with E-state index in [1.165, 1.54) is 7.11 Å². The van der Waals surface area contributed by atoms with Crippen LogP contribution in [-0.4, -0.2) is 42.2 Å². The number of fused-ring (bicyclic) bond motifs is 1. The molecule has 0 spiro atoms. The number of amides is 1. The van der Waals surface area contributed by atoms with E-state index in [0.29, 0.717) is 18.4 Å². The normalized spacial score (nSPS) is 17.9.